The van der Waals surface area contributed by atoms with Crippen molar-refractivity contribution in [1.82, 2.24) is 0 Å². The Bertz CT molecular complexity index is 926. The number of carbonyl (C=O) groups excluding carboxylic acids is 2. The highest BCUT2D eigenvalue weighted by molar-refractivity contribution is 6.52. The SMILES string of the molecule is COc1ccc(OCC[NH+]2CC[NH+](CN3C(=O)C(=O)c4cc(F)ccc43)CC2)cc1. The molecule has 2 N–H and O–H groups in total. The summed E-state index contributed by atoms with van der Waals surface area (Å²) in [6.45, 7) is 5.69. The average molecular weight is 415 g/mol. The number of anilines is 1. The lowest BCUT2D eigenvalue weighted by molar-refractivity contribution is -1.01. The van der Waals surface area contributed by atoms with E-state index >= 15 is 0 Å². The van der Waals surface area contributed by atoms with Crippen LogP contribution >= 0.6 is 0 Å². The van der Waals surface area contributed by atoms with Crippen molar-refractivity contribution in [3.8, 4) is 11.5 Å². The first-order valence-electron chi connectivity index (χ1n) is 10.1. The predicted molar refractivity (Wildman–Crippen MR) is 108 cm³/mol. The number of nitrogens with zero attached hydrogens (tertiary/aromatic N) is 1. The van der Waals surface area contributed by atoms with Gasteiger partial charge in [-0.05, 0) is 42.5 Å². The van der Waals surface area contributed by atoms with Crippen LogP contribution in [0.4, 0.5) is 10.1 Å². The second kappa shape index (κ2) is 8.81. The number of nitrogens with one attached hydrogen (secondary N) is 2. The molecule has 1 saturated heterocycles. The zero-order chi connectivity index (χ0) is 21.1. The van der Waals surface area contributed by atoms with Gasteiger partial charge in [-0.1, -0.05) is 0 Å². The van der Waals surface area contributed by atoms with Crippen molar-refractivity contribution in [1.29, 1.82) is 0 Å². The lowest BCUT2D eigenvalue weighted by Gasteiger charge is -2.31. The molecule has 4 rings (SSSR count). The predicted octanol–water partition coefficient (Wildman–Crippen LogP) is -0.816. The van der Waals surface area contributed by atoms with Gasteiger partial charge in [0, 0.05) is 0 Å². The molecule has 2 aliphatic rings. The van der Waals surface area contributed by atoms with Crippen LogP contribution in [-0.4, -0.2) is 64.8 Å². The van der Waals surface area contributed by atoms with Crippen LogP contribution in [0.5, 0.6) is 11.5 Å². The molecule has 7 nitrogen and oxygen atoms in total. The van der Waals surface area contributed by atoms with Crippen molar-refractivity contribution in [2.45, 2.75) is 0 Å². The molecule has 0 unspecified atom stereocenters. The summed E-state index contributed by atoms with van der Waals surface area (Å²) < 4.78 is 24.4. The minimum atomic E-state index is -0.621. The molecule has 1 amide bonds. The van der Waals surface area contributed by atoms with Gasteiger partial charge in [-0.25, -0.2) is 4.39 Å². The van der Waals surface area contributed by atoms with Crippen molar-refractivity contribution in [2.75, 3.05) is 58.0 Å². The van der Waals surface area contributed by atoms with Gasteiger partial charge < -0.3 is 19.3 Å². The molecule has 2 aromatic carbocycles. The molecule has 158 valence electrons. The number of amides is 1. The second-order valence-corrected chi connectivity index (χ2v) is 7.66. The van der Waals surface area contributed by atoms with Gasteiger partial charge in [-0.15, -0.1) is 0 Å². The van der Waals surface area contributed by atoms with Crippen LogP contribution in [0, 0.1) is 5.82 Å². The fraction of sp³-hybridized carbons (Fsp3) is 0.364. The molecule has 0 aromatic heterocycles. The van der Waals surface area contributed by atoms with Gasteiger partial charge in [0.05, 0.1) is 18.4 Å². The number of methoxy groups -OCH3 is 1. The molecular weight excluding hydrogens is 389 g/mol. The van der Waals surface area contributed by atoms with Crippen molar-refractivity contribution in [3.63, 3.8) is 0 Å². The number of piperazine rings is 1. The lowest BCUT2D eigenvalue weighted by Crippen LogP contribution is -3.28. The van der Waals surface area contributed by atoms with Gasteiger partial charge in [0.25, 0.3) is 5.78 Å². The van der Waals surface area contributed by atoms with Gasteiger partial charge in [0.15, 0.2) is 6.67 Å². The van der Waals surface area contributed by atoms with E-state index in [-0.39, 0.29) is 5.56 Å². The monoisotopic (exact) mass is 415 g/mol. The third-order valence-electron chi connectivity index (χ3n) is 5.76. The molecule has 30 heavy (non-hydrogen) atoms. The van der Waals surface area contributed by atoms with Crippen molar-refractivity contribution < 1.29 is 33.3 Å². The number of quaternary nitrogens is 2. The summed E-state index contributed by atoms with van der Waals surface area (Å²) in [5, 5.41) is 0. The number of carbonyl (C=O) groups is 2. The van der Waals surface area contributed by atoms with Gasteiger partial charge in [0.1, 0.15) is 56.6 Å². The number of halogens is 1. The maximum absolute atomic E-state index is 13.4. The van der Waals surface area contributed by atoms with Crippen LogP contribution < -0.4 is 24.2 Å². The summed E-state index contributed by atoms with van der Waals surface area (Å²) in [5.74, 6) is -0.0578. The molecule has 8 heteroatoms. The van der Waals surface area contributed by atoms with E-state index in [1.807, 2.05) is 24.3 Å². The highest BCUT2D eigenvalue weighted by Gasteiger charge is 2.38. The standard InChI is InChI=1S/C22H24FN3O4/c1-29-17-3-5-18(6-4-17)30-13-12-24-8-10-25(11-9-24)15-26-20-7-2-16(23)14-19(20)21(27)22(26)28/h2-7,14H,8-13,15H2,1H3/p+2. The number of ketones is 1. The topological polar surface area (TPSA) is 64.7 Å². The molecule has 1 fully saturated rings. The largest absolute Gasteiger partial charge is 0.497 e. The molecule has 0 aliphatic carbocycles. The first kappa shape index (κ1) is 20.3. The fourth-order valence-corrected chi connectivity index (χ4v) is 4.00. The van der Waals surface area contributed by atoms with Crippen molar-refractivity contribution in [3.05, 3.63) is 53.8 Å². The van der Waals surface area contributed by atoms with E-state index < -0.39 is 17.5 Å². The molecule has 2 aromatic rings. The Balaban J connectivity index is 1.24. The molecule has 0 atom stereocenters. The number of Topliss-reactive ketones (excluding diaryl/α,β-unsaturated/α-hetero) is 1. The van der Waals surface area contributed by atoms with Crippen molar-refractivity contribution >= 4 is 17.4 Å². The van der Waals surface area contributed by atoms with Crippen LogP contribution in [0.15, 0.2) is 42.5 Å². The van der Waals surface area contributed by atoms with Crippen LogP contribution in [-0.2, 0) is 4.79 Å². The summed E-state index contributed by atoms with van der Waals surface area (Å²) in [6, 6.07) is 11.5. The molecule has 0 radical (unpaired) electrons. The van der Waals surface area contributed by atoms with E-state index in [0.717, 1.165) is 50.3 Å². The summed E-state index contributed by atoms with van der Waals surface area (Å²) >= 11 is 0. The maximum atomic E-state index is 13.4. The molecule has 2 aliphatic heterocycles. The molecule has 2 heterocycles. The Kier molecular flexibility index (Phi) is 5.96. The number of benzene rings is 2. The summed E-state index contributed by atoms with van der Waals surface area (Å²) in [6.07, 6.45) is 0. The Hall–Kier alpha value is -2.97. The van der Waals surface area contributed by atoms with E-state index in [1.165, 1.54) is 26.8 Å². The normalized spacial score (nSPS) is 20.9. The molecule has 0 spiro atoms. The minimum Gasteiger partial charge on any atom is -0.497 e. The zero-order valence-corrected chi connectivity index (χ0v) is 16.9. The third kappa shape index (κ3) is 4.29. The average Bonchev–Trinajstić information content (AvgIpc) is 3.00. The van der Waals surface area contributed by atoms with Gasteiger partial charge in [0.2, 0.25) is 0 Å². The first-order chi connectivity index (χ1) is 14.5. The van der Waals surface area contributed by atoms with Crippen LogP contribution in [0.2, 0.25) is 0 Å². The fourth-order valence-electron chi connectivity index (χ4n) is 4.00. The summed E-state index contributed by atoms with van der Waals surface area (Å²) in [7, 11) is 1.64. The zero-order valence-electron chi connectivity index (χ0n) is 16.9. The van der Waals surface area contributed by atoms with Gasteiger partial charge in [-0.3, -0.25) is 14.5 Å². The lowest BCUT2D eigenvalue weighted by atomic mass is 10.1. The van der Waals surface area contributed by atoms with Gasteiger partial charge >= 0.3 is 5.91 Å². The minimum absolute atomic E-state index is 0.166. The van der Waals surface area contributed by atoms with E-state index in [9.17, 15) is 14.0 Å². The maximum Gasteiger partial charge on any atom is 0.303 e. The molecular formula is C22H26FN3O4+2. The van der Waals surface area contributed by atoms with Gasteiger partial charge in [-0.2, -0.15) is 0 Å². The van der Waals surface area contributed by atoms with E-state index in [2.05, 4.69) is 0 Å². The van der Waals surface area contributed by atoms with Crippen LogP contribution in [0.1, 0.15) is 10.4 Å². The Morgan fingerprint density at radius 3 is 2.33 bits per heavy atom. The van der Waals surface area contributed by atoms with E-state index in [0.29, 0.717) is 19.0 Å². The first-order valence-corrected chi connectivity index (χ1v) is 10.1. The summed E-state index contributed by atoms with van der Waals surface area (Å²) in [4.78, 5) is 28.7. The summed E-state index contributed by atoms with van der Waals surface area (Å²) in [5.41, 5.74) is 0.681. The Morgan fingerprint density at radius 1 is 0.967 bits per heavy atom. The number of rotatable bonds is 7. The van der Waals surface area contributed by atoms with Crippen molar-refractivity contribution in [2.24, 2.45) is 0 Å². The Labute approximate surface area is 174 Å². The second-order valence-electron chi connectivity index (χ2n) is 7.66. The Morgan fingerprint density at radius 2 is 1.63 bits per heavy atom. The number of ether oxygens (including phenoxy) is 2. The highest BCUT2D eigenvalue weighted by Crippen LogP contribution is 2.28. The quantitative estimate of drug-likeness (QED) is 0.581. The van der Waals surface area contributed by atoms with E-state index in [4.69, 9.17) is 9.47 Å². The third-order valence-corrected chi connectivity index (χ3v) is 5.76. The van der Waals surface area contributed by atoms with E-state index in [1.54, 1.807) is 7.11 Å². The van der Waals surface area contributed by atoms with Crippen LogP contribution in [0.3, 0.4) is 0 Å². The molecule has 0 bridgehead atoms. The number of hydrogen-bond acceptors (Lipinski definition) is 4. The highest BCUT2D eigenvalue weighted by atomic mass is 19.1. The van der Waals surface area contributed by atoms with Crippen LogP contribution in [0.25, 0.3) is 0 Å². The number of fused-ring (bicyclic) bond motifs is 1. The number of hydrogen-bond donors (Lipinski definition) is 2. The smallest absolute Gasteiger partial charge is 0.303 e. The molecule has 0 saturated carbocycles.